The third-order valence-electron chi connectivity index (χ3n) is 5.93. The molecule has 1 atom stereocenters. The lowest BCUT2D eigenvalue weighted by molar-refractivity contribution is -0.384. The van der Waals surface area contributed by atoms with Gasteiger partial charge in [0.1, 0.15) is 11.5 Å². The van der Waals surface area contributed by atoms with Crippen LogP contribution in [0.25, 0.3) is 11.3 Å². The Kier molecular flexibility index (Phi) is 8.62. The van der Waals surface area contributed by atoms with Crippen molar-refractivity contribution in [1.29, 1.82) is 0 Å². The maximum absolute atomic E-state index is 12.3. The highest BCUT2D eigenvalue weighted by atomic mass is 16.6. The molecule has 0 aliphatic carbocycles. The Morgan fingerprint density at radius 2 is 1.93 bits per heavy atom. The summed E-state index contributed by atoms with van der Waals surface area (Å²) in [7, 11) is 2.65. The van der Waals surface area contributed by atoms with Crippen molar-refractivity contribution in [2.24, 2.45) is 5.10 Å². The van der Waals surface area contributed by atoms with Crippen molar-refractivity contribution in [3.8, 4) is 22.8 Å². The fourth-order valence-electron chi connectivity index (χ4n) is 4.06. The van der Waals surface area contributed by atoms with E-state index >= 15 is 0 Å². The fraction of sp³-hybridized carbons (Fsp3) is 0.185. The average Bonchev–Trinajstić information content (AvgIpc) is 3.44. The summed E-state index contributed by atoms with van der Waals surface area (Å²) in [5.41, 5.74) is 3.62. The van der Waals surface area contributed by atoms with E-state index in [1.807, 2.05) is 0 Å². The van der Waals surface area contributed by atoms with Gasteiger partial charge in [-0.15, -0.1) is 0 Å². The van der Waals surface area contributed by atoms with Crippen molar-refractivity contribution in [3.63, 3.8) is 0 Å². The quantitative estimate of drug-likeness (QED) is 0.144. The van der Waals surface area contributed by atoms with Crippen LogP contribution in [0, 0.1) is 10.1 Å². The van der Waals surface area contributed by atoms with Gasteiger partial charge in [0.2, 0.25) is 0 Å². The van der Waals surface area contributed by atoms with E-state index in [1.165, 1.54) is 32.6 Å². The lowest BCUT2D eigenvalue weighted by Crippen LogP contribution is -2.45. The lowest BCUT2D eigenvalue weighted by atomic mass is 9.95. The zero-order valence-corrected chi connectivity index (χ0v) is 22.1. The Balaban J connectivity index is 1.38. The average molecular weight is 564 g/mol. The third-order valence-corrected chi connectivity index (χ3v) is 5.93. The summed E-state index contributed by atoms with van der Waals surface area (Å²) < 4.78 is 21.4. The van der Waals surface area contributed by atoms with Crippen LogP contribution in [0.4, 0.5) is 10.5 Å². The molecule has 0 saturated heterocycles. The number of hydrogen-bond donors (Lipinski definition) is 3. The van der Waals surface area contributed by atoms with Crippen molar-refractivity contribution in [2.45, 2.75) is 13.0 Å². The number of benzene rings is 2. The smallest absolute Gasteiger partial charge is 0.337 e. The zero-order chi connectivity index (χ0) is 29.5. The number of hydrazone groups is 1. The molecule has 1 aliphatic heterocycles. The number of furan rings is 1. The predicted molar refractivity (Wildman–Crippen MR) is 144 cm³/mol. The minimum atomic E-state index is -0.799. The number of urea groups is 1. The van der Waals surface area contributed by atoms with Gasteiger partial charge in [-0.05, 0) is 42.8 Å². The van der Waals surface area contributed by atoms with Gasteiger partial charge in [-0.3, -0.25) is 14.9 Å². The number of carbonyl (C=O) groups is 3. The van der Waals surface area contributed by atoms with E-state index in [0.29, 0.717) is 16.8 Å². The number of methoxy groups -OCH3 is 2. The second-order valence-corrected chi connectivity index (χ2v) is 8.53. The van der Waals surface area contributed by atoms with Crippen molar-refractivity contribution in [2.75, 3.05) is 20.8 Å². The molecule has 2 heterocycles. The summed E-state index contributed by atoms with van der Waals surface area (Å²) in [6, 6.07) is 12.7. The summed E-state index contributed by atoms with van der Waals surface area (Å²) in [5.74, 6) is -0.170. The maximum Gasteiger partial charge on any atom is 0.337 e. The molecule has 212 valence electrons. The molecule has 1 aliphatic rings. The zero-order valence-electron chi connectivity index (χ0n) is 22.1. The van der Waals surface area contributed by atoms with Gasteiger partial charge >= 0.3 is 12.0 Å². The first-order valence-corrected chi connectivity index (χ1v) is 12.0. The van der Waals surface area contributed by atoms with E-state index in [0.717, 1.165) is 0 Å². The van der Waals surface area contributed by atoms with Gasteiger partial charge in [0, 0.05) is 11.8 Å². The Morgan fingerprint density at radius 3 is 2.66 bits per heavy atom. The standard InChI is InChI=1S/C27H25N5O9/c1-15-24(26(34)39-3)25(30-27(35)29-15)16-8-10-21(22(12-16)38-2)40-14-23(33)31-28-13-17-9-11-20(41-17)18-6-4-5-7-19(18)32(36)37/h4-13,25H,14H2,1-3H3,(H,31,33)(H2,29,30,35)/b28-13-/t25-/m0/s1. The molecule has 0 fully saturated rings. The van der Waals surface area contributed by atoms with Gasteiger partial charge in [0.25, 0.3) is 11.6 Å². The minimum absolute atomic E-state index is 0.102. The highest BCUT2D eigenvalue weighted by Crippen LogP contribution is 2.34. The van der Waals surface area contributed by atoms with E-state index in [2.05, 4.69) is 21.2 Å². The van der Waals surface area contributed by atoms with Gasteiger partial charge < -0.3 is 29.3 Å². The first-order chi connectivity index (χ1) is 19.7. The number of carbonyl (C=O) groups excluding carboxylic acids is 3. The molecule has 4 rings (SSSR count). The Hall–Kier alpha value is -5.66. The predicted octanol–water partition coefficient (Wildman–Crippen LogP) is 3.19. The molecular weight excluding hydrogens is 538 g/mol. The summed E-state index contributed by atoms with van der Waals surface area (Å²) in [4.78, 5) is 47.4. The van der Waals surface area contributed by atoms with E-state index in [4.69, 9.17) is 18.6 Å². The van der Waals surface area contributed by atoms with Crippen molar-refractivity contribution in [3.05, 3.63) is 87.3 Å². The number of nitro benzene ring substituents is 1. The van der Waals surface area contributed by atoms with E-state index < -0.39 is 35.5 Å². The SMILES string of the molecule is COC(=O)C1=C(C)NC(=O)N[C@H]1c1ccc(OCC(=O)N/N=C\c2ccc(-c3ccccc3[N+](=O)[O-])o2)c(OC)c1. The monoisotopic (exact) mass is 563 g/mol. The lowest BCUT2D eigenvalue weighted by Gasteiger charge is -2.28. The van der Waals surface area contributed by atoms with Crippen LogP contribution in [0.1, 0.15) is 24.3 Å². The molecule has 3 amide bonds. The van der Waals surface area contributed by atoms with Crippen molar-refractivity contribution < 1.29 is 37.9 Å². The van der Waals surface area contributed by atoms with E-state index in [1.54, 1.807) is 49.4 Å². The molecule has 14 nitrogen and oxygen atoms in total. The van der Waals surface area contributed by atoms with Crippen molar-refractivity contribution in [1.82, 2.24) is 16.1 Å². The Labute approximate surface area is 233 Å². The van der Waals surface area contributed by atoms with Crippen LogP contribution in [0.2, 0.25) is 0 Å². The van der Waals surface area contributed by atoms with Gasteiger partial charge in [0.15, 0.2) is 18.1 Å². The van der Waals surface area contributed by atoms with Gasteiger partial charge in [-0.2, -0.15) is 5.10 Å². The summed E-state index contributed by atoms with van der Waals surface area (Å²) in [6.45, 7) is 1.18. The van der Waals surface area contributed by atoms with Crippen LogP contribution < -0.4 is 25.5 Å². The highest BCUT2D eigenvalue weighted by Gasteiger charge is 2.32. The first kappa shape index (κ1) is 28.4. The number of nitro groups is 1. The molecule has 3 aromatic rings. The second-order valence-electron chi connectivity index (χ2n) is 8.53. The number of esters is 1. The molecule has 0 unspecified atom stereocenters. The second kappa shape index (κ2) is 12.5. The number of amides is 3. The first-order valence-electron chi connectivity index (χ1n) is 12.0. The number of para-hydroxylation sites is 1. The third kappa shape index (κ3) is 6.50. The summed E-state index contributed by atoms with van der Waals surface area (Å²) in [6.07, 6.45) is 1.24. The van der Waals surface area contributed by atoms with Crippen LogP contribution in [0.15, 0.2) is 75.4 Å². The minimum Gasteiger partial charge on any atom is -0.493 e. The molecule has 14 heteroatoms. The van der Waals surface area contributed by atoms with Crippen molar-refractivity contribution >= 4 is 29.8 Å². The van der Waals surface area contributed by atoms with Crippen LogP contribution in [-0.4, -0.2) is 49.9 Å². The van der Waals surface area contributed by atoms with Crippen LogP contribution in [0.5, 0.6) is 11.5 Å². The number of ether oxygens (including phenoxy) is 3. The molecule has 0 saturated carbocycles. The van der Waals surface area contributed by atoms with E-state index in [9.17, 15) is 24.5 Å². The topological polar surface area (TPSA) is 184 Å². The molecule has 0 spiro atoms. The number of rotatable bonds is 10. The van der Waals surface area contributed by atoms with Gasteiger partial charge in [0.05, 0.1) is 42.5 Å². The van der Waals surface area contributed by atoms with Crippen LogP contribution >= 0.6 is 0 Å². The van der Waals surface area contributed by atoms with Crippen LogP contribution in [0.3, 0.4) is 0 Å². The summed E-state index contributed by atoms with van der Waals surface area (Å²) >= 11 is 0. The molecule has 2 aromatic carbocycles. The number of hydrogen-bond acceptors (Lipinski definition) is 10. The highest BCUT2D eigenvalue weighted by molar-refractivity contribution is 5.95. The Bertz CT molecular complexity index is 1560. The normalized spacial score (nSPS) is 14.7. The molecule has 41 heavy (non-hydrogen) atoms. The molecule has 1 aromatic heterocycles. The Morgan fingerprint density at radius 1 is 1.15 bits per heavy atom. The molecule has 0 bridgehead atoms. The number of nitrogens with one attached hydrogen (secondary N) is 3. The fourth-order valence-corrected chi connectivity index (χ4v) is 4.06. The van der Waals surface area contributed by atoms with Gasteiger partial charge in [-0.25, -0.2) is 15.0 Å². The summed E-state index contributed by atoms with van der Waals surface area (Å²) in [5, 5.41) is 20.3. The van der Waals surface area contributed by atoms with Gasteiger partial charge in [-0.1, -0.05) is 18.2 Å². The largest absolute Gasteiger partial charge is 0.493 e. The molecule has 0 radical (unpaired) electrons. The maximum atomic E-state index is 12.3. The van der Waals surface area contributed by atoms with E-state index in [-0.39, 0.29) is 34.3 Å². The van der Waals surface area contributed by atoms with Crippen LogP contribution in [-0.2, 0) is 14.3 Å². The number of allylic oxidation sites excluding steroid dienone is 1. The molecular formula is C27H25N5O9. The molecule has 3 N–H and O–H groups in total. The number of nitrogens with zero attached hydrogens (tertiary/aromatic N) is 2.